The molecule has 1 aromatic heterocycles. The number of rotatable bonds is 2. The Morgan fingerprint density at radius 3 is 2.50 bits per heavy atom. The summed E-state index contributed by atoms with van der Waals surface area (Å²) >= 11 is 0. The van der Waals surface area contributed by atoms with Crippen LogP contribution in [0.3, 0.4) is 0 Å². The topological polar surface area (TPSA) is 48.8 Å². The fourth-order valence-corrected chi connectivity index (χ4v) is 1.36. The first kappa shape index (κ1) is 10.4. The highest BCUT2D eigenvalue weighted by Crippen LogP contribution is 2.09. The normalized spacial score (nSPS) is 9.81. The van der Waals surface area contributed by atoms with Crippen molar-refractivity contribution in [2.75, 3.05) is 5.32 Å². The molecule has 2 aromatic rings. The number of aromatic nitrogens is 1. The van der Waals surface area contributed by atoms with Crippen molar-refractivity contribution in [3.8, 4) is 0 Å². The SMILES string of the molecule is Cc1ccc(NC(=N)c2ccccn2)cc1. The summed E-state index contributed by atoms with van der Waals surface area (Å²) in [7, 11) is 0. The number of anilines is 1. The average Bonchev–Trinajstić information content (AvgIpc) is 2.33. The van der Waals surface area contributed by atoms with Crippen LogP contribution in [0.15, 0.2) is 48.7 Å². The highest BCUT2D eigenvalue weighted by Gasteiger charge is 2.01. The van der Waals surface area contributed by atoms with Crippen molar-refractivity contribution in [1.29, 1.82) is 5.41 Å². The Morgan fingerprint density at radius 2 is 1.88 bits per heavy atom. The zero-order valence-corrected chi connectivity index (χ0v) is 9.07. The van der Waals surface area contributed by atoms with Gasteiger partial charge in [0.15, 0.2) is 0 Å². The predicted octanol–water partition coefficient (Wildman–Crippen LogP) is 2.83. The second-order valence-corrected chi connectivity index (χ2v) is 3.58. The minimum absolute atomic E-state index is 0.310. The number of amidine groups is 1. The van der Waals surface area contributed by atoms with Gasteiger partial charge in [0.2, 0.25) is 0 Å². The predicted molar refractivity (Wildman–Crippen MR) is 65.9 cm³/mol. The van der Waals surface area contributed by atoms with Gasteiger partial charge in [0, 0.05) is 11.9 Å². The third-order valence-electron chi connectivity index (χ3n) is 2.24. The van der Waals surface area contributed by atoms with Crippen LogP contribution in [-0.4, -0.2) is 10.8 Å². The standard InChI is InChI=1S/C13H13N3/c1-10-5-7-11(8-6-10)16-13(14)12-4-2-3-9-15-12/h2-9H,1H3,(H2,14,16). The Balaban J connectivity index is 2.11. The molecule has 0 aliphatic heterocycles. The van der Waals surface area contributed by atoms with Crippen molar-refractivity contribution in [2.24, 2.45) is 0 Å². The van der Waals surface area contributed by atoms with Crippen molar-refractivity contribution < 1.29 is 0 Å². The lowest BCUT2D eigenvalue weighted by molar-refractivity contribution is 1.26. The van der Waals surface area contributed by atoms with Crippen LogP contribution in [0.5, 0.6) is 0 Å². The summed E-state index contributed by atoms with van der Waals surface area (Å²) in [6.07, 6.45) is 1.68. The van der Waals surface area contributed by atoms with E-state index < -0.39 is 0 Å². The van der Waals surface area contributed by atoms with Crippen LogP contribution < -0.4 is 5.32 Å². The smallest absolute Gasteiger partial charge is 0.148 e. The molecule has 0 bridgehead atoms. The summed E-state index contributed by atoms with van der Waals surface area (Å²) in [6, 6.07) is 13.4. The van der Waals surface area contributed by atoms with Crippen LogP contribution in [0.2, 0.25) is 0 Å². The van der Waals surface area contributed by atoms with E-state index in [1.807, 2.05) is 49.4 Å². The van der Waals surface area contributed by atoms with Gasteiger partial charge in [-0.05, 0) is 31.2 Å². The summed E-state index contributed by atoms with van der Waals surface area (Å²) in [5.41, 5.74) is 2.75. The molecule has 0 amide bonds. The van der Waals surface area contributed by atoms with Crippen molar-refractivity contribution in [3.63, 3.8) is 0 Å². The molecule has 0 spiro atoms. The molecule has 3 nitrogen and oxygen atoms in total. The van der Waals surface area contributed by atoms with Gasteiger partial charge in [-0.1, -0.05) is 23.8 Å². The van der Waals surface area contributed by atoms with Gasteiger partial charge in [0.05, 0.1) is 0 Å². The molecule has 1 heterocycles. The van der Waals surface area contributed by atoms with Crippen LogP contribution >= 0.6 is 0 Å². The van der Waals surface area contributed by atoms with Crippen LogP contribution in [-0.2, 0) is 0 Å². The first-order chi connectivity index (χ1) is 7.75. The van der Waals surface area contributed by atoms with Crippen LogP contribution in [0, 0.1) is 12.3 Å². The van der Waals surface area contributed by atoms with E-state index in [9.17, 15) is 0 Å². The fourth-order valence-electron chi connectivity index (χ4n) is 1.36. The van der Waals surface area contributed by atoms with Crippen molar-refractivity contribution in [3.05, 3.63) is 59.9 Å². The van der Waals surface area contributed by atoms with Crippen molar-refractivity contribution in [1.82, 2.24) is 4.98 Å². The van der Waals surface area contributed by atoms with Gasteiger partial charge in [-0.25, -0.2) is 0 Å². The maximum Gasteiger partial charge on any atom is 0.148 e. The van der Waals surface area contributed by atoms with Gasteiger partial charge in [-0.3, -0.25) is 10.4 Å². The number of aryl methyl sites for hydroxylation is 1. The summed E-state index contributed by atoms with van der Waals surface area (Å²) in [4.78, 5) is 4.11. The van der Waals surface area contributed by atoms with E-state index in [0.29, 0.717) is 11.5 Å². The molecule has 0 fully saturated rings. The lowest BCUT2D eigenvalue weighted by Gasteiger charge is -2.07. The molecular formula is C13H13N3. The molecule has 3 heteroatoms. The largest absolute Gasteiger partial charge is 0.339 e. The van der Waals surface area contributed by atoms with E-state index >= 15 is 0 Å². The third-order valence-corrected chi connectivity index (χ3v) is 2.24. The molecule has 80 valence electrons. The second kappa shape index (κ2) is 4.57. The molecule has 1 aromatic carbocycles. The lowest BCUT2D eigenvalue weighted by atomic mass is 10.2. The van der Waals surface area contributed by atoms with Crippen molar-refractivity contribution >= 4 is 11.5 Å². The molecule has 0 saturated carbocycles. The van der Waals surface area contributed by atoms with Gasteiger partial charge in [-0.2, -0.15) is 0 Å². The summed E-state index contributed by atoms with van der Waals surface area (Å²) < 4.78 is 0. The maximum atomic E-state index is 7.85. The summed E-state index contributed by atoms with van der Waals surface area (Å²) in [5, 5.41) is 10.9. The number of pyridine rings is 1. The van der Waals surface area contributed by atoms with E-state index in [-0.39, 0.29) is 0 Å². The zero-order chi connectivity index (χ0) is 11.4. The van der Waals surface area contributed by atoms with Crippen LogP contribution in [0.4, 0.5) is 5.69 Å². The molecule has 0 saturated heterocycles. The Bertz CT molecular complexity index is 474. The van der Waals surface area contributed by atoms with Gasteiger partial charge < -0.3 is 5.32 Å². The monoisotopic (exact) mass is 211 g/mol. The first-order valence-corrected chi connectivity index (χ1v) is 5.09. The van der Waals surface area contributed by atoms with Gasteiger partial charge in [0.25, 0.3) is 0 Å². The molecular weight excluding hydrogens is 198 g/mol. The lowest BCUT2D eigenvalue weighted by Crippen LogP contribution is -2.13. The van der Waals surface area contributed by atoms with Crippen molar-refractivity contribution in [2.45, 2.75) is 6.92 Å². The number of benzene rings is 1. The van der Waals surface area contributed by atoms with E-state index in [0.717, 1.165) is 5.69 Å². The Morgan fingerprint density at radius 1 is 1.12 bits per heavy atom. The number of nitrogens with zero attached hydrogens (tertiary/aromatic N) is 1. The highest BCUT2D eigenvalue weighted by atomic mass is 15.0. The summed E-state index contributed by atoms with van der Waals surface area (Å²) in [6.45, 7) is 2.04. The van der Waals surface area contributed by atoms with Crippen LogP contribution in [0.1, 0.15) is 11.3 Å². The maximum absolute atomic E-state index is 7.85. The molecule has 0 radical (unpaired) electrons. The zero-order valence-electron chi connectivity index (χ0n) is 9.07. The fraction of sp³-hybridized carbons (Fsp3) is 0.0769. The number of hydrogen-bond acceptors (Lipinski definition) is 2. The Labute approximate surface area is 94.7 Å². The minimum Gasteiger partial charge on any atom is -0.339 e. The van der Waals surface area contributed by atoms with Gasteiger partial charge in [-0.15, -0.1) is 0 Å². The van der Waals surface area contributed by atoms with Gasteiger partial charge in [0.1, 0.15) is 11.5 Å². The summed E-state index contributed by atoms with van der Waals surface area (Å²) in [5.74, 6) is 0.310. The number of nitrogens with one attached hydrogen (secondary N) is 2. The molecule has 0 aliphatic carbocycles. The van der Waals surface area contributed by atoms with E-state index in [1.165, 1.54) is 5.56 Å². The average molecular weight is 211 g/mol. The molecule has 16 heavy (non-hydrogen) atoms. The highest BCUT2D eigenvalue weighted by molar-refractivity contribution is 6.04. The number of hydrogen-bond donors (Lipinski definition) is 2. The van der Waals surface area contributed by atoms with Crippen LogP contribution in [0.25, 0.3) is 0 Å². The first-order valence-electron chi connectivity index (χ1n) is 5.09. The second-order valence-electron chi connectivity index (χ2n) is 3.58. The Kier molecular flexibility index (Phi) is 2.96. The molecule has 2 rings (SSSR count). The van der Waals surface area contributed by atoms with E-state index in [4.69, 9.17) is 5.41 Å². The molecule has 0 atom stereocenters. The third kappa shape index (κ3) is 2.45. The van der Waals surface area contributed by atoms with E-state index in [1.54, 1.807) is 6.20 Å². The van der Waals surface area contributed by atoms with Gasteiger partial charge >= 0.3 is 0 Å². The quantitative estimate of drug-likeness (QED) is 0.592. The molecule has 2 N–H and O–H groups in total. The van der Waals surface area contributed by atoms with E-state index in [2.05, 4.69) is 10.3 Å². The molecule has 0 aliphatic rings. The minimum atomic E-state index is 0.310. The Hall–Kier alpha value is -2.16. The molecule has 0 unspecified atom stereocenters.